The first kappa shape index (κ1) is 25.9. The number of amides is 2. The number of esters is 1. The molecule has 10 heteroatoms. The third kappa shape index (κ3) is 5.21. The first-order chi connectivity index (χ1) is 16.6. The lowest BCUT2D eigenvalue weighted by atomic mass is 10.0. The fraction of sp³-hybridized carbons (Fsp3) is 0.480. The minimum Gasteiger partial charge on any atom is -0.497 e. The molecule has 0 bridgehead atoms. The van der Waals surface area contributed by atoms with Crippen LogP contribution in [0.15, 0.2) is 18.2 Å². The lowest BCUT2D eigenvalue weighted by Gasteiger charge is -2.40. The highest BCUT2D eigenvalue weighted by atomic mass is 16.5. The Balaban J connectivity index is 1.86. The van der Waals surface area contributed by atoms with E-state index in [1.165, 1.54) is 14.2 Å². The predicted molar refractivity (Wildman–Crippen MR) is 128 cm³/mol. The second-order valence-corrected chi connectivity index (χ2v) is 8.69. The monoisotopic (exact) mass is 484 g/mol. The van der Waals surface area contributed by atoms with Crippen LogP contribution in [0, 0.1) is 6.92 Å². The molecule has 2 aromatic rings. The van der Waals surface area contributed by atoms with E-state index in [1.807, 2.05) is 20.8 Å². The van der Waals surface area contributed by atoms with Crippen LogP contribution in [0.4, 0.5) is 0 Å². The van der Waals surface area contributed by atoms with Gasteiger partial charge in [0, 0.05) is 31.7 Å². The van der Waals surface area contributed by atoms with E-state index in [2.05, 4.69) is 9.97 Å². The molecule has 0 saturated carbocycles. The highest BCUT2D eigenvalue weighted by Crippen LogP contribution is 2.28. The number of benzene rings is 1. The van der Waals surface area contributed by atoms with Gasteiger partial charge in [-0.3, -0.25) is 9.59 Å². The van der Waals surface area contributed by atoms with Crippen LogP contribution < -0.4 is 9.47 Å². The molecule has 10 nitrogen and oxygen atoms in total. The minimum atomic E-state index is -0.648. The Morgan fingerprint density at radius 1 is 1.03 bits per heavy atom. The van der Waals surface area contributed by atoms with Crippen molar-refractivity contribution in [1.29, 1.82) is 0 Å². The summed E-state index contributed by atoms with van der Waals surface area (Å²) in [5.41, 5.74) is 1.01. The van der Waals surface area contributed by atoms with Crippen molar-refractivity contribution in [3.05, 3.63) is 46.5 Å². The van der Waals surface area contributed by atoms with Crippen molar-refractivity contribution in [1.82, 2.24) is 19.8 Å². The molecule has 1 aliphatic heterocycles. The van der Waals surface area contributed by atoms with Crippen LogP contribution in [0.5, 0.6) is 11.5 Å². The van der Waals surface area contributed by atoms with Gasteiger partial charge in [0.25, 0.3) is 11.8 Å². The average Bonchev–Trinajstić information content (AvgIpc) is 2.86. The number of hydrogen-bond donors (Lipinski definition) is 0. The molecule has 1 aromatic carbocycles. The van der Waals surface area contributed by atoms with Crippen molar-refractivity contribution in [3.63, 3.8) is 0 Å². The number of methoxy groups -OCH3 is 3. The van der Waals surface area contributed by atoms with Crippen LogP contribution in [0.25, 0.3) is 0 Å². The van der Waals surface area contributed by atoms with E-state index in [-0.39, 0.29) is 42.2 Å². The zero-order valence-electron chi connectivity index (χ0n) is 21.2. The normalized spacial score (nSPS) is 15.7. The zero-order chi connectivity index (χ0) is 25.9. The molecule has 0 N–H and O–H groups in total. The molecular weight excluding hydrogens is 452 g/mol. The number of ether oxygens (including phenoxy) is 3. The second kappa shape index (κ2) is 10.7. The molecule has 1 atom stereocenters. The highest BCUT2D eigenvalue weighted by Gasteiger charge is 2.35. The Kier molecular flexibility index (Phi) is 7.93. The van der Waals surface area contributed by atoms with Crippen LogP contribution in [-0.2, 0) is 4.74 Å². The number of piperazine rings is 1. The van der Waals surface area contributed by atoms with Crippen molar-refractivity contribution < 1.29 is 28.6 Å². The van der Waals surface area contributed by atoms with Gasteiger partial charge < -0.3 is 24.0 Å². The highest BCUT2D eigenvalue weighted by molar-refractivity contribution is 6.05. The summed E-state index contributed by atoms with van der Waals surface area (Å²) in [5.74, 6) is 0.0663. The quantitative estimate of drug-likeness (QED) is 0.576. The first-order valence-corrected chi connectivity index (χ1v) is 11.4. The molecule has 1 unspecified atom stereocenters. The van der Waals surface area contributed by atoms with E-state index >= 15 is 0 Å². The minimum absolute atomic E-state index is 0.0249. The van der Waals surface area contributed by atoms with Gasteiger partial charge in [0.05, 0.1) is 32.6 Å². The van der Waals surface area contributed by atoms with Crippen molar-refractivity contribution >= 4 is 17.8 Å². The third-order valence-corrected chi connectivity index (χ3v) is 6.00. The Hall–Kier alpha value is -3.69. The molecule has 0 aliphatic carbocycles. The number of nitrogens with zero attached hydrogens (tertiary/aromatic N) is 4. The van der Waals surface area contributed by atoms with E-state index in [9.17, 15) is 14.4 Å². The van der Waals surface area contributed by atoms with Crippen molar-refractivity contribution in [2.75, 3.05) is 41.0 Å². The first-order valence-electron chi connectivity index (χ1n) is 11.4. The topological polar surface area (TPSA) is 111 Å². The predicted octanol–water partition coefficient (Wildman–Crippen LogP) is 2.70. The Bertz CT molecular complexity index is 1130. The number of hydrogen-bond acceptors (Lipinski definition) is 8. The molecule has 2 heterocycles. The van der Waals surface area contributed by atoms with Gasteiger partial charge in [-0.2, -0.15) is 0 Å². The summed E-state index contributed by atoms with van der Waals surface area (Å²) in [6, 6.07) is 4.76. The number of carbonyl (C=O) groups is 3. The van der Waals surface area contributed by atoms with Crippen molar-refractivity contribution in [2.45, 2.75) is 39.7 Å². The van der Waals surface area contributed by atoms with Crippen LogP contribution in [0.3, 0.4) is 0 Å². The Labute approximate surface area is 205 Å². The molecule has 35 heavy (non-hydrogen) atoms. The third-order valence-electron chi connectivity index (χ3n) is 6.00. The van der Waals surface area contributed by atoms with Gasteiger partial charge in [-0.05, 0) is 31.9 Å². The van der Waals surface area contributed by atoms with Gasteiger partial charge in [-0.1, -0.05) is 13.8 Å². The summed E-state index contributed by atoms with van der Waals surface area (Å²) in [6.07, 6.45) is 0. The van der Waals surface area contributed by atoms with Crippen molar-refractivity contribution in [3.8, 4) is 11.5 Å². The number of rotatable bonds is 6. The van der Waals surface area contributed by atoms with E-state index in [1.54, 1.807) is 42.0 Å². The maximum atomic E-state index is 13.5. The van der Waals surface area contributed by atoms with Gasteiger partial charge in [0.15, 0.2) is 0 Å². The second-order valence-electron chi connectivity index (χ2n) is 8.69. The molecule has 0 spiro atoms. The molecule has 1 saturated heterocycles. The van der Waals surface area contributed by atoms with Gasteiger partial charge in [-0.15, -0.1) is 0 Å². The van der Waals surface area contributed by atoms with Gasteiger partial charge in [0.1, 0.15) is 28.6 Å². The van der Waals surface area contributed by atoms with E-state index in [0.717, 1.165) is 0 Å². The lowest BCUT2D eigenvalue weighted by molar-refractivity contribution is 0.0406. The fourth-order valence-corrected chi connectivity index (χ4v) is 4.19. The molecule has 2 amide bonds. The number of carbonyl (C=O) groups excluding carboxylic acids is 3. The zero-order valence-corrected chi connectivity index (χ0v) is 21.2. The molecule has 1 aromatic heterocycles. The molecular formula is C25H32N4O6. The number of aryl methyl sites for hydroxylation is 1. The summed E-state index contributed by atoms with van der Waals surface area (Å²) < 4.78 is 15.5. The van der Waals surface area contributed by atoms with Gasteiger partial charge >= 0.3 is 5.97 Å². The van der Waals surface area contributed by atoms with E-state index < -0.39 is 11.9 Å². The SMILES string of the molecule is COC(=O)c1c(C(=O)N2CCN(C(=O)c3ccc(OC)cc3OC)C(C)C2)nc(C)nc1C(C)C. The van der Waals surface area contributed by atoms with Crippen LogP contribution >= 0.6 is 0 Å². The smallest absolute Gasteiger partial charge is 0.342 e. The standard InChI is InChI=1S/C25H32N4O6/c1-14(2)21-20(25(32)35-7)22(27-16(4)26-21)24(31)28-10-11-29(15(3)13-28)23(30)18-9-8-17(33-5)12-19(18)34-6/h8-9,12,14-15H,10-11,13H2,1-7H3. The van der Waals surface area contributed by atoms with Crippen LogP contribution in [-0.4, -0.2) is 84.6 Å². The van der Waals surface area contributed by atoms with Gasteiger partial charge in [0.2, 0.25) is 0 Å². The van der Waals surface area contributed by atoms with E-state index in [4.69, 9.17) is 14.2 Å². The van der Waals surface area contributed by atoms with E-state index in [0.29, 0.717) is 35.1 Å². The summed E-state index contributed by atoms with van der Waals surface area (Å²) in [4.78, 5) is 51.4. The molecule has 0 radical (unpaired) electrons. The Morgan fingerprint density at radius 2 is 1.74 bits per heavy atom. The fourth-order valence-electron chi connectivity index (χ4n) is 4.19. The lowest BCUT2D eigenvalue weighted by Crippen LogP contribution is -2.55. The summed E-state index contributed by atoms with van der Waals surface area (Å²) in [6.45, 7) is 8.22. The molecule has 188 valence electrons. The maximum absolute atomic E-state index is 13.5. The Morgan fingerprint density at radius 3 is 2.31 bits per heavy atom. The maximum Gasteiger partial charge on any atom is 0.342 e. The van der Waals surface area contributed by atoms with Crippen LogP contribution in [0.1, 0.15) is 69.4 Å². The average molecular weight is 485 g/mol. The summed E-state index contributed by atoms with van der Waals surface area (Å²) in [5, 5.41) is 0. The largest absolute Gasteiger partial charge is 0.497 e. The molecule has 3 rings (SSSR count). The summed E-state index contributed by atoms with van der Waals surface area (Å²) >= 11 is 0. The van der Waals surface area contributed by atoms with Crippen LogP contribution in [0.2, 0.25) is 0 Å². The summed E-state index contributed by atoms with van der Waals surface area (Å²) in [7, 11) is 4.31. The van der Waals surface area contributed by atoms with Gasteiger partial charge in [-0.25, -0.2) is 14.8 Å². The van der Waals surface area contributed by atoms with Crippen molar-refractivity contribution in [2.24, 2.45) is 0 Å². The number of aromatic nitrogens is 2. The molecule has 1 aliphatic rings. The molecule has 1 fully saturated rings.